The SMILES string of the molecule is Cc1cc(O)ccc1NCc1ccc(F)cc1. The van der Waals surface area contributed by atoms with Crippen LogP contribution in [0.3, 0.4) is 0 Å². The molecule has 0 saturated heterocycles. The molecule has 0 saturated carbocycles. The number of rotatable bonds is 3. The zero-order chi connectivity index (χ0) is 12.3. The quantitative estimate of drug-likeness (QED) is 0.793. The van der Waals surface area contributed by atoms with Crippen LogP contribution in [-0.2, 0) is 6.54 Å². The van der Waals surface area contributed by atoms with E-state index in [1.165, 1.54) is 12.1 Å². The summed E-state index contributed by atoms with van der Waals surface area (Å²) < 4.78 is 12.7. The molecule has 3 heteroatoms. The minimum Gasteiger partial charge on any atom is -0.508 e. The number of aromatic hydroxyl groups is 1. The molecule has 2 aromatic rings. The van der Waals surface area contributed by atoms with Gasteiger partial charge in [0.25, 0.3) is 0 Å². The van der Waals surface area contributed by atoms with Gasteiger partial charge in [0.1, 0.15) is 11.6 Å². The Morgan fingerprint density at radius 2 is 1.82 bits per heavy atom. The first-order valence-electron chi connectivity index (χ1n) is 5.43. The number of phenols is 1. The lowest BCUT2D eigenvalue weighted by Gasteiger charge is -2.09. The Balaban J connectivity index is 2.04. The Kier molecular flexibility index (Phi) is 3.28. The number of hydrogen-bond acceptors (Lipinski definition) is 2. The summed E-state index contributed by atoms with van der Waals surface area (Å²) >= 11 is 0. The van der Waals surface area contributed by atoms with E-state index in [-0.39, 0.29) is 11.6 Å². The third kappa shape index (κ3) is 2.97. The lowest BCUT2D eigenvalue weighted by molar-refractivity contribution is 0.475. The molecule has 0 aromatic heterocycles. The van der Waals surface area contributed by atoms with Crippen molar-refractivity contribution in [3.8, 4) is 5.75 Å². The summed E-state index contributed by atoms with van der Waals surface area (Å²) in [5.41, 5.74) is 2.96. The lowest BCUT2D eigenvalue weighted by Crippen LogP contribution is -2.00. The maximum atomic E-state index is 12.7. The normalized spacial score (nSPS) is 10.2. The van der Waals surface area contributed by atoms with Crippen LogP contribution < -0.4 is 5.32 Å². The molecular weight excluding hydrogens is 217 g/mol. The molecule has 0 amide bonds. The highest BCUT2D eigenvalue weighted by molar-refractivity contribution is 5.53. The predicted molar refractivity (Wildman–Crippen MR) is 66.6 cm³/mol. The standard InChI is InChI=1S/C14H14FNO/c1-10-8-13(17)6-7-14(10)16-9-11-2-4-12(15)5-3-11/h2-8,16-17H,9H2,1H3. The van der Waals surface area contributed by atoms with Crippen LogP contribution in [0.2, 0.25) is 0 Å². The van der Waals surface area contributed by atoms with E-state index in [2.05, 4.69) is 5.32 Å². The Morgan fingerprint density at radius 1 is 1.12 bits per heavy atom. The molecule has 0 aliphatic carbocycles. The van der Waals surface area contributed by atoms with Crippen LogP contribution in [0, 0.1) is 12.7 Å². The van der Waals surface area contributed by atoms with E-state index in [1.54, 1.807) is 24.3 Å². The average Bonchev–Trinajstić information content (AvgIpc) is 2.30. The maximum Gasteiger partial charge on any atom is 0.123 e. The Hall–Kier alpha value is -2.03. The predicted octanol–water partition coefficient (Wildman–Crippen LogP) is 3.45. The zero-order valence-electron chi connectivity index (χ0n) is 9.57. The molecule has 2 N–H and O–H groups in total. The van der Waals surface area contributed by atoms with E-state index >= 15 is 0 Å². The van der Waals surface area contributed by atoms with E-state index < -0.39 is 0 Å². The second-order valence-electron chi connectivity index (χ2n) is 3.98. The van der Waals surface area contributed by atoms with Gasteiger partial charge < -0.3 is 10.4 Å². The fourth-order valence-electron chi connectivity index (χ4n) is 1.65. The zero-order valence-corrected chi connectivity index (χ0v) is 9.57. The third-order valence-electron chi connectivity index (χ3n) is 2.61. The molecule has 0 spiro atoms. The van der Waals surface area contributed by atoms with Crippen molar-refractivity contribution in [1.82, 2.24) is 0 Å². The van der Waals surface area contributed by atoms with Crippen LogP contribution in [-0.4, -0.2) is 5.11 Å². The number of phenolic OH excluding ortho intramolecular Hbond substituents is 1. The van der Waals surface area contributed by atoms with Gasteiger partial charge in [0.2, 0.25) is 0 Å². The fourth-order valence-corrected chi connectivity index (χ4v) is 1.65. The summed E-state index contributed by atoms with van der Waals surface area (Å²) in [4.78, 5) is 0. The van der Waals surface area contributed by atoms with Gasteiger partial charge in [-0.2, -0.15) is 0 Å². The molecule has 0 aliphatic heterocycles. The molecule has 88 valence electrons. The molecule has 2 rings (SSSR count). The highest BCUT2D eigenvalue weighted by Crippen LogP contribution is 2.20. The van der Waals surface area contributed by atoms with Gasteiger partial charge in [0.15, 0.2) is 0 Å². The van der Waals surface area contributed by atoms with Crippen molar-refractivity contribution in [3.63, 3.8) is 0 Å². The molecule has 0 fully saturated rings. The average molecular weight is 231 g/mol. The second kappa shape index (κ2) is 4.87. The summed E-state index contributed by atoms with van der Waals surface area (Å²) in [6, 6.07) is 11.6. The molecule has 2 aromatic carbocycles. The molecule has 0 bridgehead atoms. The van der Waals surface area contributed by atoms with Crippen molar-refractivity contribution < 1.29 is 9.50 Å². The number of anilines is 1. The van der Waals surface area contributed by atoms with E-state index in [0.29, 0.717) is 6.54 Å². The van der Waals surface area contributed by atoms with Crippen molar-refractivity contribution >= 4 is 5.69 Å². The lowest BCUT2D eigenvalue weighted by atomic mass is 10.1. The summed E-state index contributed by atoms with van der Waals surface area (Å²) in [5, 5.41) is 12.5. The third-order valence-corrected chi connectivity index (χ3v) is 2.61. The van der Waals surface area contributed by atoms with Gasteiger partial charge in [0.05, 0.1) is 0 Å². The van der Waals surface area contributed by atoms with Crippen LogP contribution in [0.25, 0.3) is 0 Å². The maximum absolute atomic E-state index is 12.7. The minimum absolute atomic E-state index is 0.227. The van der Waals surface area contributed by atoms with Gasteiger partial charge in [-0.05, 0) is 48.4 Å². The van der Waals surface area contributed by atoms with Gasteiger partial charge in [-0.15, -0.1) is 0 Å². The summed E-state index contributed by atoms with van der Waals surface area (Å²) in [7, 11) is 0. The van der Waals surface area contributed by atoms with Crippen LogP contribution >= 0.6 is 0 Å². The smallest absolute Gasteiger partial charge is 0.123 e. The first-order valence-corrected chi connectivity index (χ1v) is 5.43. The number of nitrogens with one attached hydrogen (secondary N) is 1. The number of aryl methyl sites for hydroxylation is 1. The highest BCUT2D eigenvalue weighted by atomic mass is 19.1. The molecular formula is C14H14FNO. The Morgan fingerprint density at radius 3 is 2.47 bits per heavy atom. The Bertz CT molecular complexity index is 508. The van der Waals surface area contributed by atoms with Crippen LogP contribution in [0.5, 0.6) is 5.75 Å². The minimum atomic E-state index is -0.227. The van der Waals surface area contributed by atoms with E-state index in [9.17, 15) is 9.50 Å². The van der Waals surface area contributed by atoms with E-state index in [0.717, 1.165) is 16.8 Å². The van der Waals surface area contributed by atoms with Crippen LogP contribution in [0.15, 0.2) is 42.5 Å². The van der Waals surface area contributed by atoms with E-state index in [4.69, 9.17) is 0 Å². The van der Waals surface area contributed by atoms with Gasteiger partial charge in [-0.3, -0.25) is 0 Å². The second-order valence-corrected chi connectivity index (χ2v) is 3.98. The summed E-state index contributed by atoms with van der Waals surface area (Å²) in [5.74, 6) is 0.0318. The molecule has 0 unspecified atom stereocenters. The van der Waals surface area contributed by atoms with Gasteiger partial charge >= 0.3 is 0 Å². The molecule has 0 heterocycles. The monoisotopic (exact) mass is 231 g/mol. The van der Waals surface area contributed by atoms with Gasteiger partial charge in [0, 0.05) is 12.2 Å². The van der Waals surface area contributed by atoms with Crippen LogP contribution in [0.4, 0.5) is 10.1 Å². The Labute approximate surface area is 99.7 Å². The number of benzene rings is 2. The van der Waals surface area contributed by atoms with Crippen LogP contribution in [0.1, 0.15) is 11.1 Å². The van der Waals surface area contributed by atoms with Gasteiger partial charge in [-0.1, -0.05) is 12.1 Å². The summed E-state index contributed by atoms with van der Waals surface area (Å²) in [6.45, 7) is 2.55. The van der Waals surface area contributed by atoms with Gasteiger partial charge in [-0.25, -0.2) is 4.39 Å². The van der Waals surface area contributed by atoms with Crippen molar-refractivity contribution in [2.24, 2.45) is 0 Å². The van der Waals surface area contributed by atoms with Crippen molar-refractivity contribution in [3.05, 3.63) is 59.4 Å². The molecule has 0 atom stereocenters. The van der Waals surface area contributed by atoms with E-state index in [1.807, 2.05) is 13.0 Å². The first kappa shape index (κ1) is 11.5. The topological polar surface area (TPSA) is 32.3 Å². The number of hydrogen-bond donors (Lipinski definition) is 2. The largest absolute Gasteiger partial charge is 0.508 e. The molecule has 2 nitrogen and oxygen atoms in total. The first-order chi connectivity index (χ1) is 8.15. The molecule has 0 aliphatic rings. The highest BCUT2D eigenvalue weighted by Gasteiger charge is 1.99. The molecule has 17 heavy (non-hydrogen) atoms. The van der Waals surface area contributed by atoms with Crippen molar-refractivity contribution in [2.75, 3.05) is 5.32 Å². The number of halogens is 1. The summed E-state index contributed by atoms with van der Waals surface area (Å²) in [6.07, 6.45) is 0. The van der Waals surface area contributed by atoms with Crippen molar-refractivity contribution in [2.45, 2.75) is 13.5 Å². The van der Waals surface area contributed by atoms with Crippen molar-refractivity contribution in [1.29, 1.82) is 0 Å². The molecule has 0 radical (unpaired) electrons. The fraction of sp³-hybridized carbons (Fsp3) is 0.143.